The normalized spacial score (nSPS) is 9.88. The fourth-order valence-electron chi connectivity index (χ4n) is 4.63. The van der Waals surface area contributed by atoms with E-state index in [1.165, 1.54) is 31.8 Å². The van der Waals surface area contributed by atoms with E-state index in [0.29, 0.717) is 0 Å². The predicted octanol–water partition coefficient (Wildman–Crippen LogP) is 6.64. The number of benzene rings is 6. The molecule has 0 spiro atoms. The van der Waals surface area contributed by atoms with Crippen LogP contribution in [0.2, 0.25) is 0 Å². The molecule has 0 aliphatic carbocycles. The van der Waals surface area contributed by atoms with Crippen LogP contribution in [-0.4, -0.2) is 5.75 Å². The van der Waals surface area contributed by atoms with E-state index < -0.39 is 15.8 Å². The number of hydrogen-bond donors (Lipinski definition) is 0. The van der Waals surface area contributed by atoms with E-state index in [1.54, 1.807) is 0 Å². The molecule has 0 unspecified atom stereocenters. The maximum absolute atomic E-state index is 8.45. The summed E-state index contributed by atoms with van der Waals surface area (Å²) in [6, 6.07) is 65.0. The van der Waals surface area contributed by atoms with Crippen LogP contribution in [-0.2, 0) is 24.3 Å². The summed E-state index contributed by atoms with van der Waals surface area (Å²) in [7, 11) is -1.75. The van der Waals surface area contributed by atoms with Crippen LogP contribution in [0.5, 0.6) is 0 Å². The van der Waals surface area contributed by atoms with E-state index in [-0.39, 0.29) is 19.5 Å². The molecule has 0 saturated carbocycles. The summed E-state index contributed by atoms with van der Waals surface area (Å²) in [4.78, 5) is 8.45. The molecule has 42 heavy (non-hydrogen) atoms. The molecule has 1 radical (unpaired) electrons. The minimum absolute atomic E-state index is 0. The fourth-order valence-corrected chi connectivity index (χ4v) is 9.78. The van der Waals surface area contributed by atoms with Gasteiger partial charge in [-0.25, -0.2) is 0 Å². The molecule has 0 fully saturated rings. The Hall–Kier alpha value is -3.24. The summed E-state index contributed by atoms with van der Waals surface area (Å²) >= 11 is 4.19. The minimum atomic E-state index is -0.877. The number of rotatable bonds is 6. The summed E-state index contributed by atoms with van der Waals surface area (Å²) in [5.74, 6) is 0.972. The van der Waals surface area contributed by atoms with Gasteiger partial charge < -0.3 is 16.4 Å². The minimum Gasteiger partial charge on any atom is -0.525 e. The second-order valence-electron chi connectivity index (χ2n) is 9.02. The van der Waals surface area contributed by atoms with Gasteiger partial charge in [0, 0.05) is 19.5 Å². The van der Waals surface area contributed by atoms with Gasteiger partial charge in [-0.2, -0.15) is 5.75 Å². The first-order valence-electron chi connectivity index (χ1n) is 13.4. The van der Waals surface area contributed by atoms with E-state index in [2.05, 4.69) is 194 Å². The SMILES string of the molecule is O=[C-]Cl.[Rh].c1ccc([PH+](c2ccccc2)c2ccccc2)cc1.c1ccc([PH+](c2ccccc2)c2ccccc2)cc1. The van der Waals surface area contributed by atoms with E-state index in [9.17, 15) is 0 Å². The molecular weight excluding hydrogens is 661 g/mol. The van der Waals surface area contributed by atoms with Crippen molar-refractivity contribution in [3.63, 3.8) is 0 Å². The summed E-state index contributed by atoms with van der Waals surface area (Å²) < 4.78 is 0. The van der Waals surface area contributed by atoms with Crippen LogP contribution in [0.15, 0.2) is 182 Å². The van der Waals surface area contributed by atoms with E-state index in [0.717, 1.165) is 5.75 Å². The van der Waals surface area contributed by atoms with Crippen LogP contribution >= 0.6 is 27.4 Å². The van der Waals surface area contributed by atoms with Crippen molar-refractivity contribution >= 4 is 65.0 Å². The second kappa shape index (κ2) is 19.0. The quantitative estimate of drug-likeness (QED) is 0.0828. The van der Waals surface area contributed by atoms with Gasteiger partial charge in [0.25, 0.3) is 0 Å². The summed E-state index contributed by atoms with van der Waals surface area (Å²) in [6.07, 6.45) is 0. The van der Waals surface area contributed by atoms with Gasteiger partial charge in [-0.1, -0.05) is 109 Å². The third kappa shape index (κ3) is 9.94. The van der Waals surface area contributed by atoms with Gasteiger partial charge in [0.2, 0.25) is 0 Å². The first-order chi connectivity index (χ1) is 20.3. The Balaban J connectivity index is 0.000000207. The van der Waals surface area contributed by atoms with Gasteiger partial charge in [0.05, 0.1) is 15.8 Å². The first-order valence-corrected chi connectivity index (χ1v) is 16.7. The van der Waals surface area contributed by atoms with Gasteiger partial charge in [-0.05, 0) is 72.8 Å². The van der Waals surface area contributed by atoms with E-state index >= 15 is 0 Å². The topological polar surface area (TPSA) is 17.1 Å². The molecule has 0 atom stereocenters. The zero-order chi connectivity index (χ0) is 28.5. The maximum atomic E-state index is 8.45. The van der Waals surface area contributed by atoms with Gasteiger partial charge in [0.15, 0.2) is 0 Å². The fraction of sp³-hybridized carbons (Fsp3) is 0. The molecule has 0 saturated heterocycles. The van der Waals surface area contributed by atoms with Crippen molar-refractivity contribution in [1.29, 1.82) is 0 Å². The molecule has 6 rings (SSSR count). The zero-order valence-electron chi connectivity index (χ0n) is 22.9. The molecule has 0 N–H and O–H groups in total. The number of carbonyl (C=O) groups excluding carboxylic acids is 1. The molecule has 211 valence electrons. The van der Waals surface area contributed by atoms with Crippen molar-refractivity contribution in [2.75, 3.05) is 0 Å². The Morgan fingerprint density at radius 3 is 0.571 bits per heavy atom. The van der Waals surface area contributed by atoms with E-state index in [4.69, 9.17) is 4.79 Å². The van der Waals surface area contributed by atoms with Crippen LogP contribution < -0.4 is 31.8 Å². The van der Waals surface area contributed by atoms with Crippen molar-refractivity contribution in [2.24, 2.45) is 0 Å². The number of hydrogen-bond acceptors (Lipinski definition) is 1. The molecule has 0 aromatic heterocycles. The van der Waals surface area contributed by atoms with Crippen LogP contribution in [0.4, 0.5) is 0 Å². The molecule has 6 aromatic rings. The Morgan fingerprint density at radius 1 is 0.333 bits per heavy atom. The third-order valence-corrected chi connectivity index (χ3v) is 11.8. The molecule has 1 nitrogen and oxygen atoms in total. The van der Waals surface area contributed by atoms with Crippen LogP contribution in [0, 0.1) is 0 Å². The molecule has 0 aliphatic rings. The number of halogens is 1. The average molecular weight is 693 g/mol. The van der Waals surface area contributed by atoms with Gasteiger partial charge in [-0.15, -0.1) is 0 Å². The molecule has 0 heterocycles. The van der Waals surface area contributed by atoms with Crippen molar-refractivity contribution in [1.82, 2.24) is 0 Å². The molecule has 0 aliphatic heterocycles. The van der Waals surface area contributed by atoms with Crippen molar-refractivity contribution in [3.05, 3.63) is 182 Å². The molecule has 6 aromatic carbocycles. The Labute approximate surface area is 269 Å². The van der Waals surface area contributed by atoms with Crippen molar-refractivity contribution < 1.29 is 24.3 Å². The van der Waals surface area contributed by atoms with Gasteiger partial charge >= 0.3 is 0 Å². The molecule has 5 heteroatoms. The van der Waals surface area contributed by atoms with Crippen molar-refractivity contribution in [3.8, 4) is 0 Å². The maximum Gasteiger partial charge on any atom is 0.102 e. The Morgan fingerprint density at radius 2 is 0.452 bits per heavy atom. The first kappa shape index (κ1) is 33.3. The molecule has 0 amide bonds. The summed E-state index contributed by atoms with van der Waals surface area (Å²) in [5.41, 5.74) is 0. The largest absolute Gasteiger partial charge is 0.525 e. The van der Waals surface area contributed by atoms with Crippen LogP contribution in [0.3, 0.4) is 0 Å². The smallest absolute Gasteiger partial charge is 0.102 e. The van der Waals surface area contributed by atoms with E-state index in [1.807, 2.05) is 0 Å². The van der Waals surface area contributed by atoms with Gasteiger partial charge in [-0.3, -0.25) is 0 Å². The summed E-state index contributed by atoms with van der Waals surface area (Å²) in [6.45, 7) is 0. The van der Waals surface area contributed by atoms with Crippen LogP contribution in [0.25, 0.3) is 0 Å². The second-order valence-corrected chi connectivity index (χ2v) is 14.1. The van der Waals surface area contributed by atoms with Crippen LogP contribution in [0.1, 0.15) is 0 Å². The molecule has 0 bridgehead atoms. The zero-order valence-corrected chi connectivity index (χ0v) is 27.3. The third-order valence-electron chi connectivity index (χ3n) is 6.37. The Bertz CT molecular complexity index is 1230. The molecular formula is C37H32ClOP2Rh+. The van der Waals surface area contributed by atoms with Crippen molar-refractivity contribution in [2.45, 2.75) is 0 Å². The summed E-state index contributed by atoms with van der Waals surface area (Å²) in [5, 5.41) is 8.61. The monoisotopic (exact) mass is 692 g/mol. The predicted molar refractivity (Wildman–Crippen MR) is 185 cm³/mol. The Kier molecular flexibility index (Phi) is 15.1. The van der Waals surface area contributed by atoms with Gasteiger partial charge in [0.1, 0.15) is 31.8 Å². The average Bonchev–Trinajstić information content (AvgIpc) is 3.05. The standard InChI is InChI=1S/2C18H15P.CClO.Rh/c2*1-4-10-16(11-5-1)19(17-12-6-2-7-13-17)18-14-8-3-9-15-18;2-1-3;/h2*1-15H;;/q;;-1;/p+2.